The lowest BCUT2D eigenvalue weighted by molar-refractivity contribution is 0.102. The minimum Gasteiger partial charge on any atom is -0.294 e. The Balaban J connectivity index is 2.48. The van der Waals surface area contributed by atoms with Crippen LogP contribution in [0.1, 0.15) is 22.3 Å². The summed E-state index contributed by atoms with van der Waals surface area (Å²) >= 11 is 1.39. The molecular formula is C9H9N3OS. The predicted molar refractivity (Wildman–Crippen MR) is 54.4 cm³/mol. The maximum atomic E-state index is 11.2. The zero-order valence-electron chi connectivity index (χ0n) is 7.87. The van der Waals surface area contributed by atoms with Crippen LogP contribution in [0, 0.1) is 6.92 Å². The highest BCUT2D eigenvalue weighted by molar-refractivity contribution is 7.17. The molecule has 0 unspecified atom stereocenters. The second kappa shape index (κ2) is 3.34. The van der Waals surface area contributed by atoms with Crippen LogP contribution < -0.4 is 0 Å². The molecule has 0 saturated carbocycles. The first-order valence-electron chi connectivity index (χ1n) is 4.16. The smallest absolute Gasteiger partial charge is 0.171 e. The molecule has 0 aliphatic carbocycles. The van der Waals surface area contributed by atoms with E-state index in [1.54, 1.807) is 13.1 Å². The van der Waals surface area contributed by atoms with E-state index in [9.17, 15) is 4.79 Å². The van der Waals surface area contributed by atoms with Gasteiger partial charge < -0.3 is 0 Å². The van der Waals surface area contributed by atoms with Gasteiger partial charge in [0, 0.05) is 13.1 Å². The van der Waals surface area contributed by atoms with Gasteiger partial charge in [0.15, 0.2) is 5.78 Å². The molecule has 5 heteroatoms. The van der Waals surface area contributed by atoms with Crippen molar-refractivity contribution < 1.29 is 4.79 Å². The Bertz CT molecular complexity index is 458. The van der Waals surface area contributed by atoms with Crippen LogP contribution in [0.25, 0.3) is 10.7 Å². The summed E-state index contributed by atoms with van der Waals surface area (Å²) in [6.45, 7) is 3.39. The molecule has 2 heterocycles. The number of carbonyl (C=O) groups excluding carboxylic acids is 1. The van der Waals surface area contributed by atoms with Crippen LogP contribution in [0.15, 0.2) is 12.3 Å². The second-order valence-corrected chi connectivity index (χ2v) is 3.96. The number of rotatable bonds is 2. The topological polar surface area (TPSA) is 58.6 Å². The second-order valence-electron chi connectivity index (χ2n) is 2.96. The van der Waals surface area contributed by atoms with E-state index in [1.165, 1.54) is 11.3 Å². The van der Waals surface area contributed by atoms with Gasteiger partial charge in [0.05, 0.1) is 16.3 Å². The molecule has 2 aromatic rings. The summed E-state index contributed by atoms with van der Waals surface area (Å²) in [6, 6.07) is 1.84. The maximum Gasteiger partial charge on any atom is 0.171 e. The molecule has 0 amide bonds. The van der Waals surface area contributed by atoms with Crippen LogP contribution in [0.4, 0.5) is 0 Å². The van der Waals surface area contributed by atoms with Crippen LogP contribution in [-0.2, 0) is 0 Å². The summed E-state index contributed by atoms with van der Waals surface area (Å²) in [5.41, 5.74) is 1.64. The van der Waals surface area contributed by atoms with Crippen molar-refractivity contribution in [3.8, 4) is 10.7 Å². The fraction of sp³-hybridized carbons (Fsp3) is 0.222. The lowest BCUT2D eigenvalue weighted by atomic mass is 10.3. The predicted octanol–water partition coefficient (Wildman–Crippen LogP) is 2.04. The van der Waals surface area contributed by atoms with Crippen molar-refractivity contribution in [2.75, 3.05) is 0 Å². The first kappa shape index (κ1) is 9.08. The number of Topliss-reactive ketones (excluding diaryl/α,β-unsaturated/α-hetero) is 1. The molecule has 0 bridgehead atoms. The van der Waals surface area contributed by atoms with E-state index in [0.717, 1.165) is 21.3 Å². The standard InChI is InChI=1S/C9H9N3OS/c1-5-8(6(2)13)14-9(11-5)7-3-4-10-12-7/h3-4H,1-2H3,(H,10,12). The Hall–Kier alpha value is -1.49. The number of H-pyrrole nitrogens is 1. The highest BCUT2D eigenvalue weighted by Crippen LogP contribution is 2.26. The third-order valence-electron chi connectivity index (χ3n) is 1.85. The molecule has 0 aromatic carbocycles. The zero-order chi connectivity index (χ0) is 10.1. The first-order chi connectivity index (χ1) is 6.68. The quantitative estimate of drug-likeness (QED) is 0.767. The summed E-state index contributed by atoms with van der Waals surface area (Å²) < 4.78 is 0. The molecule has 0 radical (unpaired) electrons. The van der Waals surface area contributed by atoms with E-state index in [0.29, 0.717) is 0 Å². The van der Waals surface area contributed by atoms with Gasteiger partial charge >= 0.3 is 0 Å². The molecule has 0 atom stereocenters. The number of aromatic amines is 1. The fourth-order valence-corrected chi connectivity index (χ4v) is 2.15. The number of aromatic nitrogens is 3. The van der Waals surface area contributed by atoms with Gasteiger partial charge in [-0.05, 0) is 13.0 Å². The van der Waals surface area contributed by atoms with Gasteiger partial charge in [0.25, 0.3) is 0 Å². The number of thiazole rings is 1. The lowest BCUT2D eigenvalue weighted by Gasteiger charge is -1.86. The van der Waals surface area contributed by atoms with E-state index in [1.807, 2.05) is 13.0 Å². The molecule has 0 spiro atoms. The first-order valence-corrected chi connectivity index (χ1v) is 4.98. The summed E-state index contributed by atoms with van der Waals surface area (Å²) in [5.74, 6) is 0.0609. The Morgan fingerprint density at radius 1 is 1.57 bits per heavy atom. The third-order valence-corrected chi connectivity index (χ3v) is 3.14. The van der Waals surface area contributed by atoms with Gasteiger partial charge in [-0.1, -0.05) is 0 Å². The van der Waals surface area contributed by atoms with E-state index in [2.05, 4.69) is 15.2 Å². The van der Waals surface area contributed by atoms with E-state index in [-0.39, 0.29) is 5.78 Å². The highest BCUT2D eigenvalue weighted by Gasteiger charge is 2.12. The van der Waals surface area contributed by atoms with Crippen LogP contribution in [0.2, 0.25) is 0 Å². The average Bonchev–Trinajstić information content (AvgIpc) is 2.70. The Kier molecular flexibility index (Phi) is 2.17. The van der Waals surface area contributed by atoms with Gasteiger partial charge in [0.2, 0.25) is 0 Å². The number of hydrogen-bond donors (Lipinski definition) is 1. The number of aryl methyl sites for hydroxylation is 1. The van der Waals surface area contributed by atoms with Crippen LogP contribution in [0.5, 0.6) is 0 Å². The van der Waals surface area contributed by atoms with E-state index >= 15 is 0 Å². The number of carbonyl (C=O) groups is 1. The van der Waals surface area contributed by atoms with Crippen LogP contribution in [-0.4, -0.2) is 21.0 Å². The molecular weight excluding hydrogens is 198 g/mol. The molecule has 1 N–H and O–H groups in total. The minimum absolute atomic E-state index is 0.0609. The van der Waals surface area contributed by atoms with Crippen LogP contribution in [0.3, 0.4) is 0 Å². The maximum absolute atomic E-state index is 11.2. The number of hydrogen-bond acceptors (Lipinski definition) is 4. The summed E-state index contributed by atoms with van der Waals surface area (Å²) in [5, 5.41) is 7.47. The van der Waals surface area contributed by atoms with E-state index < -0.39 is 0 Å². The Morgan fingerprint density at radius 2 is 2.36 bits per heavy atom. The molecule has 14 heavy (non-hydrogen) atoms. The molecule has 0 aliphatic rings. The van der Waals surface area contributed by atoms with Crippen LogP contribution >= 0.6 is 11.3 Å². The van der Waals surface area contributed by atoms with Gasteiger partial charge in [-0.2, -0.15) is 5.10 Å². The number of nitrogens with zero attached hydrogens (tertiary/aromatic N) is 2. The minimum atomic E-state index is 0.0609. The summed E-state index contributed by atoms with van der Waals surface area (Å²) in [4.78, 5) is 16.2. The van der Waals surface area contributed by atoms with Crippen molar-refractivity contribution >= 4 is 17.1 Å². The average molecular weight is 207 g/mol. The number of nitrogens with one attached hydrogen (secondary N) is 1. The van der Waals surface area contributed by atoms with Crippen molar-refractivity contribution in [2.24, 2.45) is 0 Å². The molecule has 72 valence electrons. The molecule has 4 nitrogen and oxygen atoms in total. The molecule has 0 fully saturated rings. The molecule has 0 saturated heterocycles. The normalized spacial score (nSPS) is 10.4. The monoisotopic (exact) mass is 207 g/mol. The summed E-state index contributed by atoms with van der Waals surface area (Å²) in [7, 11) is 0. The highest BCUT2D eigenvalue weighted by atomic mass is 32.1. The Morgan fingerprint density at radius 3 is 2.86 bits per heavy atom. The van der Waals surface area contributed by atoms with Crippen molar-refractivity contribution in [1.82, 2.24) is 15.2 Å². The van der Waals surface area contributed by atoms with E-state index in [4.69, 9.17) is 0 Å². The summed E-state index contributed by atoms with van der Waals surface area (Å²) in [6.07, 6.45) is 1.67. The van der Waals surface area contributed by atoms with Gasteiger partial charge in [-0.3, -0.25) is 9.89 Å². The largest absolute Gasteiger partial charge is 0.294 e. The molecule has 2 aromatic heterocycles. The van der Waals surface area contributed by atoms with Gasteiger partial charge in [0.1, 0.15) is 5.01 Å². The Labute approximate surface area is 85.0 Å². The van der Waals surface area contributed by atoms with Crippen molar-refractivity contribution in [3.05, 3.63) is 22.8 Å². The third kappa shape index (κ3) is 1.46. The fourth-order valence-electron chi connectivity index (χ4n) is 1.21. The number of ketones is 1. The lowest BCUT2D eigenvalue weighted by Crippen LogP contribution is -1.89. The molecule has 0 aliphatic heterocycles. The van der Waals surface area contributed by atoms with Gasteiger partial charge in [-0.15, -0.1) is 11.3 Å². The van der Waals surface area contributed by atoms with Crippen molar-refractivity contribution in [1.29, 1.82) is 0 Å². The SMILES string of the molecule is CC(=O)c1sc(-c2ccn[nH]2)nc1C. The molecule has 2 rings (SSSR count). The van der Waals surface area contributed by atoms with Crippen molar-refractivity contribution in [3.63, 3.8) is 0 Å². The zero-order valence-corrected chi connectivity index (χ0v) is 8.68. The van der Waals surface area contributed by atoms with Gasteiger partial charge in [-0.25, -0.2) is 4.98 Å². The van der Waals surface area contributed by atoms with Crippen molar-refractivity contribution in [2.45, 2.75) is 13.8 Å².